The molecule has 0 unspecified atom stereocenters. The molecule has 0 aliphatic rings. The lowest BCUT2D eigenvalue weighted by molar-refractivity contribution is 0.0690. The molecule has 1 rings (SSSR count). The normalized spacial score (nSPS) is 10.7. The summed E-state index contributed by atoms with van der Waals surface area (Å²) < 4.78 is 4.97. The lowest BCUT2D eigenvalue weighted by Crippen LogP contribution is -2.25. The molecule has 0 amide bonds. The van der Waals surface area contributed by atoms with Crippen LogP contribution in [0.2, 0.25) is 0 Å². The van der Waals surface area contributed by atoms with Gasteiger partial charge in [-0.2, -0.15) is 0 Å². The summed E-state index contributed by atoms with van der Waals surface area (Å²) in [5.41, 5.74) is 0.538. The van der Waals surface area contributed by atoms with Gasteiger partial charge in [0, 0.05) is 26.6 Å². The maximum atomic E-state index is 11.2. The van der Waals surface area contributed by atoms with Gasteiger partial charge in [-0.25, -0.2) is 14.8 Å². The van der Waals surface area contributed by atoms with E-state index in [9.17, 15) is 9.90 Å². The van der Waals surface area contributed by atoms with E-state index in [-0.39, 0.29) is 11.6 Å². The lowest BCUT2D eigenvalue weighted by Gasteiger charge is -2.20. The van der Waals surface area contributed by atoms with E-state index in [0.29, 0.717) is 24.7 Å². The zero-order chi connectivity index (χ0) is 13.7. The molecule has 0 saturated carbocycles. The second-order valence-corrected chi connectivity index (χ2v) is 4.34. The number of likely N-dealkylation sites (N-methyl/N-ethyl adjacent to an activating group) is 1. The number of carbonyl (C=O) groups is 1. The smallest absolute Gasteiger partial charge is 0.356 e. The number of aromatic nitrogens is 2. The van der Waals surface area contributed by atoms with Crippen molar-refractivity contribution < 1.29 is 14.6 Å². The number of aromatic carboxylic acids is 1. The number of carboxylic acids is 1. The van der Waals surface area contributed by atoms with Gasteiger partial charge in [0.15, 0.2) is 5.69 Å². The highest BCUT2D eigenvalue weighted by atomic mass is 16.5. The summed E-state index contributed by atoms with van der Waals surface area (Å²) >= 11 is 0. The standard InChI is InChI=1S/C12H19N3O3/c1-8(2)11-13-7-9(10(14-11)12(16)17)15(3)5-6-18-4/h7-8H,5-6H2,1-4H3,(H,16,17). The van der Waals surface area contributed by atoms with Crippen LogP contribution < -0.4 is 4.90 Å². The zero-order valence-electron chi connectivity index (χ0n) is 11.2. The van der Waals surface area contributed by atoms with Gasteiger partial charge in [-0.1, -0.05) is 13.8 Å². The Kier molecular flexibility index (Phi) is 5.03. The minimum absolute atomic E-state index is 0.0345. The fourth-order valence-corrected chi connectivity index (χ4v) is 1.45. The van der Waals surface area contributed by atoms with E-state index < -0.39 is 5.97 Å². The number of rotatable bonds is 6. The van der Waals surface area contributed by atoms with Gasteiger partial charge in [0.25, 0.3) is 0 Å². The van der Waals surface area contributed by atoms with Gasteiger partial charge in [0.2, 0.25) is 0 Å². The van der Waals surface area contributed by atoms with E-state index in [1.807, 2.05) is 13.8 Å². The van der Waals surface area contributed by atoms with E-state index in [0.717, 1.165) is 0 Å². The van der Waals surface area contributed by atoms with Crippen molar-refractivity contribution in [3.63, 3.8) is 0 Å². The molecule has 0 bridgehead atoms. The summed E-state index contributed by atoms with van der Waals surface area (Å²) in [6.07, 6.45) is 1.56. The number of ether oxygens (including phenoxy) is 1. The molecular weight excluding hydrogens is 234 g/mol. The predicted molar refractivity (Wildman–Crippen MR) is 68.2 cm³/mol. The first-order valence-corrected chi connectivity index (χ1v) is 5.77. The van der Waals surface area contributed by atoms with Crippen LogP contribution in [-0.2, 0) is 4.74 Å². The molecular formula is C12H19N3O3. The van der Waals surface area contributed by atoms with Crippen LogP contribution in [0, 0.1) is 0 Å². The van der Waals surface area contributed by atoms with Crippen LogP contribution in [0.1, 0.15) is 36.1 Å². The summed E-state index contributed by atoms with van der Waals surface area (Å²) in [4.78, 5) is 21.3. The van der Waals surface area contributed by atoms with Gasteiger partial charge >= 0.3 is 5.97 Å². The Morgan fingerprint density at radius 1 is 1.56 bits per heavy atom. The SMILES string of the molecule is COCCN(C)c1cnc(C(C)C)nc1C(=O)O. The number of hydrogen-bond donors (Lipinski definition) is 1. The molecule has 1 aromatic heterocycles. The molecule has 6 nitrogen and oxygen atoms in total. The summed E-state index contributed by atoms with van der Waals surface area (Å²) in [6, 6.07) is 0. The Balaban J connectivity index is 3.07. The van der Waals surface area contributed by atoms with Crippen LogP contribution in [0.3, 0.4) is 0 Å². The molecule has 0 aliphatic carbocycles. The summed E-state index contributed by atoms with van der Waals surface area (Å²) in [6.45, 7) is 4.95. The summed E-state index contributed by atoms with van der Waals surface area (Å²) in [5.74, 6) is -0.406. The molecule has 0 aliphatic heterocycles. The Bertz CT molecular complexity index is 421. The molecule has 6 heteroatoms. The number of anilines is 1. The Hall–Kier alpha value is -1.69. The van der Waals surface area contributed by atoms with Crippen LogP contribution in [-0.4, -0.2) is 48.4 Å². The van der Waals surface area contributed by atoms with E-state index in [1.165, 1.54) is 0 Å². The number of methoxy groups -OCH3 is 1. The molecule has 0 atom stereocenters. The van der Waals surface area contributed by atoms with E-state index in [2.05, 4.69) is 9.97 Å². The quantitative estimate of drug-likeness (QED) is 0.825. The molecule has 0 radical (unpaired) electrons. The van der Waals surface area contributed by atoms with Gasteiger partial charge in [-0.15, -0.1) is 0 Å². The molecule has 1 heterocycles. The second-order valence-electron chi connectivity index (χ2n) is 4.34. The number of hydrogen-bond acceptors (Lipinski definition) is 5. The fraction of sp³-hybridized carbons (Fsp3) is 0.583. The molecule has 18 heavy (non-hydrogen) atoms. The first-order chi connectivity index (χ1) is 8.47. The van der Waals surface area contributed by atoms with Crippen LogP contribution >= 0.6 is 0 Å². The zero-order valence-corrected chi connectivity index (χ0v) is 11.2. The molecule has 100 valence electrons. The lowest BCUT2D eigenvalue weighted by atomic mass is 10.2. The Labute approximate surface area is 107 Å². The maximum Gasteiger partial charge on any atom is 0.356 e. The first kappa shape index (κ1) is 14.4. The van der Waals surface area contributed by atoms with Crippen molar-refractivity contribution in [2.75, 3.05) is 32.2 Å². The molecule has 0 spiro atoms. The van der Waals surface area contributed by atoms with Crippen LogP contribution in [0.5, 0.6) is 0 Å². The largest absolute Gasteiger partial charge is 0.476 e. The topological polar surface area (TPSA) is 75.5 Å². The Morgan fingerprint density at radius 3 is 2.72 bits per heavy atom. The monoisotopic (exact) mass is 253 g/mol. The fourth-order valence-electron chi connectivity index (χ4n) is 1.45. The van der Waals surface area contributed by atoms with Crippen molar-refractivity contribution in [3.05, 3.63) is 17.7 Å². The summed E-state index contributed by atoms with van der Waals surface area (Å²) in [5, 5.41) is 9.20. The first-order valence-electron chi connectivity index (χ1n) is 5.77. The third kappa shape index (κ3) is 3.40. The van der Waals surface area contributed by atoms with Crippen molar-refractivity contribution in [1.29, 1.82) is 0 Å². The van der Waals surface area contributed by atoms with E-state index >= 15 is 0 Å². The molecule has 1 aromatic rings. The minimum Gasteiger partial charge on any atom is -0.476 e. The average Bonchev–Trinajstić information content (AvgIpc) is 2.34. The highest BCUT2D eigenvalue weighted by molar-refractivity contribution is 5.91. The predicted octanol–water partition coefficient (Wildman–Crippen LogP) is 1.38. The van der Waals surface area contributed by atoms with Gasteiger partial charge in [0.05, 0.1) is 18.5 Å². The van der Waals surface area contributed by atoms with Gasteiger partial charge in [0.1, 0.15) is 5.82 Å². The average molecular weight is 253 g/mol. The summed E-state index contributed by atoms with van der Waals surface area (Å²) in [7, 11) is 3.39. The molecule has 0 saturated heterocycles. The van der Waals surface area contributed by atoms with Crippen LogP contribution in [0.15, 0.2) is 6.20 Å². The van der Waals surface area contributed by atoms with Crippen LogP contribution in [0.25, 0.3) is 0 Å². The third-order valence-corrected chi connectivity index (χ3v) is 2.55. The van der Waals surface area contributed by atoms with Crippen LogP contribution in [0.4, 0.5) is 5.69 Å². The van der Waals surface area contributed by atoms with Crippen molar-refractivity contribution in [3.8, 4) is 0 Å². The highest BCUT2D eigenvalue weighted by Gasteiger charge is 2.18. The maximum absolute atomic E-state index is 11.2. The molecule has 1 N–H and O–H groups in total. The van der Waals surface area contributed by atoms with E-state index in [1.54, 1.807) is 25.3 Å². The Morgan fingerprint density at radius 2 is 2.22 bits per heavy atom. The van der Waals surface area contributed by atoms with E-state index in [4.69, 9.17) is 4.74 Å². The van der Waals surface area contributed by atoms with Gasteiger partial charge in [-0.3, -0.25) is 0 Å². The van der Waals surface area contributed by atoms with Crippen molar-refractivity contribution in [1.82, 2.24) is 9.97 Å². The molecule has 0 aromatic carbocycles. The highest BCUT2D eigenvalue weighted by Crippen LogP contribution is 2.19. The van der Waals surface area contributed by atoms with Crippen molar-refractivity contribution in [2.24, 2.45) is 0 Å². The number of nitrogens with zero attached hydrogens (tertiary/aromatic N) is 3. The third-order valence-electron chi connectivity index (χ3n) is 2.55. The van der Waals surface area contributed by atoms with Crippen molar-refractivity contribution in [2.45, 2.75) is 19.8 Å². The van der Waals surface area contributed by atoms with Gasteiger partial charge < -0.3 is 14.7 Å². The number of carboxylic acid groups (broad SMARTS) is 1. The molecule has 0 fully saturated rings. The van der Waals surface area contributed by atoms with Gasteiger partial charge in [-0.05, 0) is 0 Å². The van der Waals surface area contributed by atoms with Crippen molar-refractivity contribution >= 4 is 11.7 Å². The second kappa shape index (κ2) is 6.30. The minimum atomic E-state index is -1.04.